The van der Waals surface area contributed by atoms with Crippen molar-refractivity contribution in [2.24, 2.45) is 0 Å². The fourth-order valence-corrected chi connectivity index (χ4v) is 5.89. The first-order chi connectivity index (χ1) is 19.6. The van der Waals surface area contributed by atoms with E-state index < -0.39 is 34.7 Å². The summed E-state index contributed by atoms with van der Waals surface area (Å²) in [6, 6.07) is 14.0. The SMILES string of the molecule is CC(C)(C)OC(=O)N1C(C)(C)OC[C@]1(C)c1nnc(-c2ccc(OCCCCCc3ccccc3)c(C(F)(F)F)c2)s1. The molecule has 1 atom stereocenters. The standard InChI is InChI=1S/C31H38F3N3O4S/c1-28(2,3)41-27(38)37-29(4,5)40-20-30(37,6)26-36-35-25(42-26)22-16-17-24(23(19-22)31(32,33)34)39-18-12-8-11-15-21-13-9-7-10-14-21/h7,9-10,13-14,16-17,19H,8,11-12,15,18,20H2,1-6H3/t30-/m1/s1. The summed E-state index contributed by atoms with van der Waals surface area (Å²) < 4.78 is 59.3. The highest BCUT2D eigenvalue weighted by atomic mass is 32.1. The third-order valence-corrected chi connectivity index (χ3v) is 8.17. The number of aromatic nitrogens is 2. The second-order valence-corrected chi connectivity index (χ2v) is 13.1. The van der Waals surface area contributed by atoms with Gasteiger partial charge in [-0.25, -0.2) is 4.79 Å². The summed E-state index contributed by atoms with van der Waals surface area (Å²) in [6.07, 6.45) is -1.84. The third kappa shape index (κ3) is 7.42. The van der Waals surface area contributed by atoms with Crippen molar-refractivity contribution in [2.75, 3.05) is 13.2 Å². The number of ether oxygens (including phenoxy) is 3. The minimum Gasteiger partial charge on any atom is -0.493 e. The molecule has 2 heterocycles. The molecule has 7 nitrogen and oxygen atoms in total. The molecule has 42 heavy (non-hydrogen) atoms. The molecule has 1 amide bonds. The number of nitrogens with zero attached hydrogens (tertiary/aromatic N) is 3. The van der Waals surface area contributed by atoms with Crippen LogP contribution in [-0.4, -0.2) is 45.7 Å². The van der Waals surface area contributed by atoms with Crippen molar-refractivity contribution in [1.82, 2.24) is 15.1 Å². The van der Waals surface area contributed by atoms with Gasteiger partial charge in [-0.3, -0.25) is 4.90 Å². The molecule has 2 aromatic carbocycles. The molecule has 0 bridgehead atoms. The van der Waals surface area contributed by atoms with Gasteiger partial charge in [0.25, 0.3) is 0 Å². The Kier molecular flexibility index (Phi) is 9.22. The number of alkyl halides is 3. The van der Waals surface area contributed by atoms with Gasteiger partial charge in [-0.05, 0) is 91.0 Å². The molecule has 3 aromatic rings. The lowest BCUT2D eigenvalue weighted by atomic mass is 10.0. The molecule has 228 valence electrons. The molecule has 1 saturated heterocycles. The van der Waals surface area contributed by atoms with Gasteiger partial charge in [-0.2, -0.15) is 13.2 Å². The van der Waals surface area contributed by atoms with Gasteiger partial charge in [-0.15, -0.1) is 10.2 Å². The van der Waals surface area contributed by atoms with E-state index >= 15 is 0 Å². The molecule has 1 aliphatic rings. The number of halogens is 3. The van der Waals surface area contributed by atoms with Gasteiger partial charge in [0.2, 0.25) is 0 Å². The highest BCUT2D eigenvalue weighted by molar-refractivity contribution is 7.14. The molecule has 0 N–H and O–H groups in total. The zero-order chi connectivity index (χ0) is 30.8. The van der Waals surface area contributed by atoms with E-state index in [9.17, 15) is 18.0 Å². The van der Waals surface area contributed by atoms with Gasteiger partial charge in [0.1, 0.15) is 32.6 Å². The van der Waals surface area contributed by atoms with Crippen LogP contribution in [0.2, 0.25) is 0 Å². The fourth-order valence-electron chi connectivity index (χ4n) is 4.93. The molecule has 0 aliphatic carbocycles. The topological polar surface area (TPSA) is 73.8 Å². The summed E-state index contributed by atoms with van der Waals surface area (Å²) in [4.78, 5) is 14.7. The third-order valence-electron chi connectivity index (χ3n) is 6.94. The van der Waals surface area contributed by atoms with Gasteiger partial charge >= 0.3 is 12.3 Å². The maximum absolute atomic E-state index is 14.0. The average molecular weight is 606 g/mol. The fraction of sp³-hybridized carbons (Fsp3) is 0.516. The van der Waals surface area contributed by atoms with Crippen molar-refractivity contribution >= 4 is 17.4 Å². The highest BCUT2D eigenvalue weighted by Gasteiger charge is 2.55. The Balaban J connectivity index is 1.48. The first kappa shape index (κ1) is 31.7. The number of hydrogen-bond acceptors (Lipinski definition) is 7. The number of hydrogen-bond donors (Lipinski definition) is 0. The van der Waals surface area contributed by atoms with E-state index in [1.165, 1.54) is 16.5 Å². The summed E-state index contributed by atoms with van der Waals surface area (Å²) in [7, 11) is 0. The molecule has 0 spiro atoms. The number of unbranched alkanes of at least 4 members (excludes halogenated alkanes) is 2. The minimum absolute atomic E-state index is 0.125. The Morgan fingerprint density at radius 3 is 2.40 bits per heavy atom. The summed E-state index contributed by atoms with van der Waals surface area (Å²) in [5.74, 6) is -0.215. The number of amides is 1. The van der Waals surface area contributed by atoms with E-state index in [1.807, 2.05) is 18.2 Å². The highest BCUT2D eigenvalue weighted by Crippen LogP contribution is 2.45. The van der Waals surface area contributed by atoms with Crippen LogP contribution in [0.3, 0.4) is 0 Å². The summed E-state index contributed by atoms with van der Waals surface area (Å²) in [5.41, 5.74) is -2.13. The number of benzene rings is 2. The lowest BCUT2D eigenvalue weighted by Crippen LogP contribution is -2.54. The van der Waals surface area contributed by atoms with Crippen molar-refractivity contribution in [3.05, 3.63) is 64.7 Å². The van der Waals surface area contributed by atoms with Gasteiger partial charge < -0.3 is 14.2 Å². The second kappa shape index (κ2) is 12.2. The number of aryl methyl sites for hydroxylation is 1. The summed E-state index contributed by atoms with van der Waals surface area (Å²) >= 11 is 1.11. The first-order valence-corrected chi connectivity index (χ1v) is 14.8. The predicted octanol–water partition coefficient (Wildman–Crippen LogP) is 8.23. The van der Waals surface area contributed by atoms with Crippen LogP contribution in [0.5, 0.6) is 5.75 Å². The first-order valence-electron chi connectivity index (χ1n) is 14.0. The largest absolute Gasteiger partial charge is 0.493 e. The predicted molar refractivity (Wildman–Crippen MR) is 155 cm³/mol. The van der Waals surface area contributed by atoms with Crippen molar-refractivity contribution in [3.63, 3.8) is 0 Å². The molecule has 4 rings (SSSR count). The molecule has 0 unspecified atom stereocenters. The molecule has 1 aliphatic heterocycles. The monoisotopic (exact) mass is 605 g/mol. The van der Waals surface area contributed by atoms with Crippen LogP contribution in [0.4, 0.5) is 18.0 Å². The molecule has 1 fully saturated rings. The van der Waals surface area contributed by atoms with Crippen LogP contribution in [0, 0.1) is 0 Å². The van der Waals surface area contributed by atoms with E-state index in [0.717, 1.165) is 36.7 Å². The Hall–Kier alpha value is -3.18. The van der Waals surface area contributed by atoms with Gasteiger partial charge in [0.05, 0.1) is 18.8 Å². The van der Waals surface area contributed by atoms with Crippen LogP contribution in [0.15, 0.2) is 48.5 Å². The lowest BCUT2D eigenvalue weighted by Gasteiger charge is -2.39. The Bertz CT molecular complexity index is 1370. The van der Waals surface area contributed by atoms with Crippen molar-refractivity contribution in [2.45, 2.75) is 90.3 Å². The van der Waals surface area contributed by atoms with E-state index in [0.29, 0.717) is 11.4 Å². The van der Waals surface area contributed by atoms with E-state index in [1.54, 1.807) is 47.6 Å². The maximum atomic E-state index is 14.0. The van der Waals surface area contributed by atoms with E-state index in [4.69, 9.17) is 14.2 Å². The Morgan fingerprint density at radius 2 is 1.74 bits per heavy atom. The normalized spacial score (nSPS) is 18.7. The summed E-state index contributed by atoms with van der Waals surface area (Å²) in [5, 5.41) is 9.19. The van der Waals surface area contributed by atoms with Gasteiger partial charge in [0.15, 0.2) is 0 Å². The molecule has 11 heteroatoms. The van der Waals surface area contributed by atoms with Crippen molar-refractivity contribution < 1.29 is 32.2 Å². The van der Waals surface area contributed by atoms with Crippen LogP contribution < -0.4 is 4.74 Å². The van der Waals surface area contributed by atoms with Crippen LogP contribution in [0.25, 0.3) is 10.6 Å². The van der Waals surface area contributed by atoms with Crippen molar-refractivity contribution in [1.29, 1.82) is 0 Å². The average Bonchev–Trinajstić information content (AvgIpc) is 3.48. The zero-order valence-corrected chi connectivity index (χ0v) is 25.7. The van der Waals surface area contributed by atoms with Crippen LogP contribution >= 0.6 is 11.3 Å². The van der Waals surface area contributed by atoms with Gasteiger partial charge in [-0.1, -0.05) is 41.7 Å². The molecule has 0 radical (unpaired) electrons. The smallest absolute Gasteiger partial charge is 0.419 e. The molecule has 0 saturated carbocycles. The second-order valence-electron chi connectivity index (χ2n) is 12.1. The van der Waals surface area contributed by atoms with Gasteiger partial charge in [0, 0.05) is 5.56 Å². The number of carbonyl (C=O) groups excluding carboxylic acids is 1. The number of rotatable bonds is 9. The maximum Gasteiger partial charge on any atom is 0.419 e. The lowest BCUT2D eigenvalue weighted by molar-refractivity contribution is -0.138. The molecular weight excluding hydrogens is 567 g/mol. The zero-order valence-electron chi connectivity index (χ0n) is 24.9. The number of carbonyl (C=O) groups is 1. The van der Waals surface area contributed by atoms with Crippen LogP contribution in [-0.2, 0) is 27.6 Å². The molecular formula is C31H38F3N3O4S. The van der Waals surface area contributed by atoms with Crippen molar-refractivity contribution in [3.8, 4) is 16.3 Å². The Morgan fingerprint density at radius 1 is 1.02 bits per heavy atom. The quantitative estimate of drug-likeness (QED) is 0.229. The Labute approximate surface area is 249 Å². The summed E-state index contributed by atoms with van der Waals surface area (Å²) in [6.45, 7) is 10.9. The van der Waals surface area contributed by atoms with Crippen LogP contribution in [0.1, 0.15) is 76.9 Å². The van der Waals surface area contributed by atoms with E-state index in [2.05, 4.69) is 22.3 Å². The molecule has 1 aromatic heterocycles. The van der Waals surface area contributed by atoms with E-state index in [-0.39, 0.29) is 29.5 Å². The minimum atomic E-state index is -4.62.